The van der Waals surface area contributed by atoms with E-state index >= 15 is 0 Å². The molecule has 3 aromatic rings. The Bertz CT molecular complexity index is 881. The van der Waals surface area contributed by atoms with Crippen molar-refractivity contribution in [3.05, 3.63) is 96.6 Å². The van der Waals surface area contributed by atoms with Crippen molar-refractivity contribution in [3.63, 3.8) is 0 Å². The van der Waals surface area contributed by atoms with Gasteiger partial charge in [-0.15, -0.1) is 0 Å². The first-order valence-electron chi connectivity index (χ1n) is 10.5. The lowest BCUT2D eigenvalue weighted by atomic mass is 10.1. The van der Waals surface area contributed by atoms with E-state index in [0.717, 1.165) is 36.7 Å². The highest BCUT2D eigenvalue weighted by Gasteiger charge is 2.31. The molecule has 0 amide bonds. The van der Waals surface area contributed by atoms with E-state index in [2.05, 4.69) is 34.3 Å². The predicted molar refractivity (Wildman–Crippen MR) is 123 cm³/mol. The molecule has 150 valence electrons. The number of likely N-dealkylation sites (tertiary alicyclic amines) is 1. The fourth-order valence-electron chi connectivity index (χ4n) is 4.16. The van der Waals surface area contributed by atoms with Gasteiger partial charge in [0.25, 0.3) is 0 Å². The van der Waals surface area contributed by atoms with Crippen LogP contribution in [0.15, 0.2) is 91.0 Å². The van der Waals surface area contributed by atoms with Crippen LogP contribution in [0.5, 0.6) is 0 Å². The average Bonchev–Trinajstić information content (AvgIpc) is 3.28. The van der Waals surface area contributed by atoms with Crippen LogP contribution < -0.4 is 15.7 Å². The van der Waals surface area contributed by atoms with Gasteiger partial charge in [-0.1, -0.05) is 66.7 Å². The first kappa shape index (κ1) is 20.1. The van der Waals surface area contributed by atoms with Crippen LogP contribution in [0.25, 0.3) is 0 Å². The second kappa shape index (κ2) is 9.54. The van der Waals surface area contributed by atoms with Crippen LogP contribution in [0, 0.1) is 0 Å². The molecule has 4 rings (SSSR count). The molecule has 4 heteroatoms. The topological polar surface area (TPSA) is 32.3 Å². The zero-order valence-corrected chi connectivity index (χ0v) is 17.7. The van der Waals surface area contributed by atoms with Crippen LogP contribution in [-0.2, 0) is 11.0 Å². The zero-order chi connectivity index (χ0) is 19.9. The van der Waals surface area contributed by atoms with Crippen LogP contribution in [0.3, 0.4) is 0 Å². The van der Waals surface area contributed by atoms with E-state index in [-0.39, 0.29) is 6.04 Å². The van der Waals surface area contributed by atoms with Crippen molar-refractivity contribution in [1.82, 2.24) is 9.99 Å². The maximum absolute atomic E-state index is 14.5. The molecule has 29 heavy (non-hydrogen) atoms. The van der Waals surface area contributed by atoms with Gasteiger partial charge in [0.15, 0.2) is 0 Å². The van der Waals surface area contributed by atoms with Gasteiger partial charge in [0.1, 0.15) is 0 Å². The third-order valence-electron chi connectivity index (χ3n) is 5.61. The molecule has 0 bridgehead atoms. The van der Waals surface area contributed by atoms with Gasteiger partial charge in [0.2, 0.25) is 7.29 Å². The van der Waals surface area contributed by atoms with Crippen molar-refractivity contribution >= 4 is 17.9 Å². The smallest absolute Gasteiger partial charge is 0.204 e. The molecule has 0 aliphatic carbocycles. The molecule has 3 aromatic carbocycles. The summed E-state index contributed by atoms with van der Waals surface area (Å²) in [6, 6.07) is 30.4. The number of benzene rings is 3. The fraction of sp³-hybridized carbons (Fsp3) is 0.280. The Balaban J connectivity index is 1.66. The maximum atomic E-state index is 14.5. The Morgan fingerprint density at radius 3 is 1.76 bits per heavy atom. The normalized spacial score (nSPS) is 16.0. The van der Waals surface area contributed by atoms with Crippen molar-refractivity contribution in [2.24, 2.45) is 0 Å². The van der Waals surface area contributed by atoms with E-state index in [4.69, 9.17) is 0 Å². The molecule has 1 heterocycles. The summed E-state index contributed by atoms with van der Waals surface area (Å²) in [5, 5.41) is 5.39. The monoisotopic (exact) mass is 404 g/mol. The number of nitrogens with one attached hydrogen (secondary N) is 1. The minimum atomic E-state index is -2.95. The van der Waals surface area contributed by atoms with Crippen molar-refractivity contribution in [3.8, 4) is 0 Å². The predicted octanol–water partition coefficient (Wildman–Crippen LogP) is 4.21. The number of hydrogen-bond donors (Lipinski definition) is 1. The molecule has 3 nitrogen and oxygen atoms in total. The largest absolute Gasteiger partial charge is 0.302 e. The van der Waals surface area contributed by atoms with Gasteiger partial charge in [0.05, 0.1) is 0 Å². The summed E-state index contributed by atoms with van der Waals surface area (Å²) in [6.45, 7) is 3.18. The minimum absolute atomic E-state index is 0.113. The third kappa shape index (κ3) is 5.05. The van der Waals surface area contributed by atoms with Crippen LogP contribution in [0.1, 0.15) is 18.4 Å². The minimum Gasteiger partial charge on any atom is -0.302 e. The third-order valence-corrected chi connectivity index (χ3v) is 8.39. The Morgan fingerprint density at radius 2 is 1.24 bits per heavy atom. The second-order valence-corrected chi connectivity index (χ2v) is 10.3. The van der Waals surface area contributed by atoms with Crippen LogP contribution in [-0.4, -0.2) is 30.6 Å². The molecular weight excluding hydrogens is 375 g/mol. The molecule has 1 aliphatic heterocycles. The lowest BCUT2D eigenvalue weighted by molar-refractivity contribution is 0.304. The Morgan fingerprint density at radius 1 is 0.759 bits per heavy atom. The zero-order valence-electron chi connectivity index (χ0n) is 16.8. The Labute approximate surface area is 174 Å². The van der Waals surface area contributed by atoms with Crippen molar-refractivity contribution < 1.29 is 4.57 Å². The summed E-state index contributed by atoms with van der Waals surface area (Å²) in [7, 11) is -2.95. The lowest BCUT2D eigenvalue weighted by Gasteiger charge is -2.30. The van der Waals surface area contributed by atoms with Gasteiger partial charge in [-0.25, -0.2) is 0 Å². The fourth-order valence-corrected chi connectivity index (χ4v) is 6.63. The first-order valence-corrected chi connectivity index (χ1v) is 12.2. The van der Waals surface area contributed by atoms with E-state index in [1.54, 1.807) is 0 Å². The summed E-state index contributed by atoms with van der Waals surface area (Å²) in [5.74, 6) is 0. The van der Waals surface area contributed by atoms with Crippen molar-refractivity contribution in [2.75, 3.05) is 19.6 Å². The summed E-state index contributed by atoms with van der Waals surface area (Å²) in [4.78, 5) is 2.50. The summed E-state index contributed by atoms with van der Waals surface area (Å²) >= 11 is 0. The highest BCUT2D eigenvalue weighted by atomic mass is 31.2. The highest BCUT2D eigenvalue weighted by Crippen LogP contribution is 2.39. The van der Waals surface area contributed by atoms with Gasteiger partial charge < -0.3 is 4.90 Å². The molecule has 0 radical (unpaired) electrons. The van der Waals surface area contributed by atoms with Gasteiger partial charge in [-0.3, -0.25) is 9.65 Å². The van der Waals surface area contributed by atoms with Crippen LogP contribution in [0.2, 0.25) is 0 Å². The number of nitrogens with zero attached hydrogens (tertiary/aromatic N) is 1. The Hall–Kier alpha value is -2.19. The standard InChI is InChI=1S/C25H29N2OP/c28-29(24-14-6-2-7-15-24,25-16-8-3-9-17-25)26-23(21-27-18-10-11-19-27)20-22-12-4-1-5-13-22/h1-9,12-17,23H,10-11,18-21H2,(H,26,28)/t23-/m0/s1. The molecule has 1 aliphatic rings. The van der Waals surface area contributed by atoms with Gasteiger partial charge in [0, 0.05) is 23.2 Å². The second-order valence-electron chi connectivity index (χ2n) is 7.80. The summed E-state index contributed by atoms with van der Waals surface area (Å²) in [5.41, 5.74) is 1.27. The summed E-state index contributed by atoms with van der Waals surface area (Å²) < 4.78 is 14.5. The quantitative estimate of drug-likeness (QED) is 0.571. The molecule has 0 saturated carbocycles. The molecular formula is C25H29N2OP. The highest BCUT2D eigenvalue weighted by molar-refractivity contribution is 7.76. The lowest BCUT2D eigenvalue weighted by Crippen LogP contribution is -2.43. The van der Waals surface area contributed by atoms with E-state index in [0.29, 0.717) is 0 Å². The molecule has 1 N–H and O–H groups in total. The van der Waals surface area contributed by atoms with Crippen molar-refractivity contribution in [1.29, 1.82) is 0 Å². The van der Waals surface area contributed by atoms with Crippen LogP contribution in [0.4, 0.5) is 0 Å². The van der Waals surface area contributed by atoms with Gasteiger partial charge in [-0.2, -0.15) is 0 Å². The van der Waals surface area contributed by atoms with E-state index in [1.165, 1.54) is 18.4 Å². The maximum Gasteiger partial charge on any atom is 0.204 e. The van der Waals surface area contributed by atoms with E-state index < -0.39 is 7.29 Å². The average molecular weight is 404 g/mol. The van der Waals surface area contributed by atoms with Crippen LogP contribution >= 0.6 is 7.29 Å². The molecule has 0 aromatic heterocycles. The number of rotatable bonds is 8. The van der Waals surface area contributed by atoms with Gasteiger partial charge >= 0.3 is 0 Å². The summed E-state index contributed by atoms with van der Waals surface area (Å²) in [6.07, 6.45) is 3.38. The first-order chi connectivity index (χ1) is 14.2. The van der Waals surface area contributed by atoms with Gasteiger partial charge in [-0.05, 0) is 62.2 Å². The molecule has 0 spiro atoms. The van der Waals surface area contributed by atoms with E-state index in [1.807, 2.05) is 66.7 Å². The molecule has 0 unspecified atom stereocenters. The molecule has 1 fully saturated rings. The molecule has 1 atom stereocenters. The molecule has 1 saturated heterocycles. The van der Waals surface area contributed by atoms with Crippen molar-refractivity contribution in [2.45, 2.75) is 25.3 Å². The number of hydrogen-bond acceptors (Lipinski definition) is 2. The van der Waals surface area contributed by atoms with E-state index in [9.17, 15) is 4.57 Å². The Kier molecular flexibility index (Phi) is 6.61. The SMILES string of the molecule is O=P(N[C@@H](Cc1ccccc1)CN1CCCC1)(c1ccccc1)c1ccccc1.